The molecule has 1 N–H and O–H groups in total. The van der Waals surface area contributed by atoms with Crippen molar-refractivity contribution < 1.29 is 22.7 Å². The molecule has 31 heavy (non-hydrogen) atoms. The lowest BCUT2D eigenvalue weighted by atomic mass is 10.1. The van der Waals surface area contributed by atoms with Crippen molar-refractivity contribution in [3.63, 3.8) is 0 Å². The number of rotatable bonds is 3. The summed E-state index contributed by atoms with van der Waals surface area (Å²) in [5, 5.41) is 2.53. The number of halogens is 4. The Hall–Kier alpha value is -3.13. The number of anilines is 1. The van der Waals surface area contributed by atoms with Gasteiger partial charge >= 0.3 is 6.18 Å². The standard InChI is InChI=1S/C23H16BrF3N2O2/c1-13-8-20-21(11-18(13)23(25,26)27)29-22(30)12-19(28-20)14-4-2-6-16(9-14)31-17-7-3-5-15(24)10-17/h2-11H,12H2,1H3,(H,29,30). The molecule has 1 aliphatic rings. The number of aliphatic imine (C=N–C) groups is 1. The van der Waals surface area contributed by atoms with E-state index in [-0.39, 0.29) is 23.4 Å². The molecular weight excluding hydrogens is 473 g/mol. The number of hydrogen-bond acceptors (Lipinski definition) is 3. The second-order valence-electron chi connectivity index (χ2n) is 7.05. The molecule has 0 spiro atoms. The lowest BCUT2D eigenvalue weighted by molar-refractivity contribution is -0.138. The summed E-state index contributed by atoms with van der Waals surface area (Å²) in [5.74, 6) is 0.743. The van der Waals surface area contributed by atoms with E-state index in [1.54, 1.807) is 24.3 Å². The minimum absolute atomic E-state index is 0.0391. The first kappa shape index (κ1) is 21.1. The predicted octanol–water partition coefficient (Wildman–Crippen LogP) is 7.03. The van der Waals surface area contributed by atoms with Crippen LogP contribution in [-0.4, -0.2) is 11.6 Å². The van der Waals surface area contributed by atoms with Crippen LogP contribution in [0.25, 0.3) is 0 Å². The summed E-state index contributed by atoms with van der Waals surface area (Å²) >= 11 is 3.39. The fraction of sp³-hybridized carbons (Fsp3) is 0.130. The molecule has 8 heteroatoms. The van der Waals surface area contributed by atoms with Crippen molar-refractivity contribution in [1.29, 1.82) is 0 Å². The lowest BCUT2D eigenvalue weighted by Crippen LogP contribution is -2.15. The van der Waals surface area contributed by atoms with Crippen molar-refractivity contribution in [2.24, 2.45) is 4.99 Å². The summed E-state index contributed by atoms with van der Waals surface area (Å²) in [4.78, 5) is 16.9. The zero-order valence-corrected chi connectivity index (χ0v) is 17.8. The van der Waals surface area contributed by atoms with E-state index in [1.165, 1.54) is 13.0 Å². The maximum atomic E-state index is 13.2. The van der Waals surface area contributed by atoms with Gasteiger partial charge in [0.05, 0.1) is 29.1 Å². The van der Waals surface area contributed by atoms with Gasteiger partial charge in [0.25, 0.3) is 0 Å². The number of benzene rings is 3. The van der Waals surface area contributed by atoms with E-state index in [0.29, 0.717) is 22.8 Å². The Kier molecular flexibility index (Phi) is 5.58. The van der Waals surface area contributed by atoms with Gasteiger partial charge in [-0.3, -0.25) is 9.79 Å². The van der Waals surface area contributed by atoms with Crippen molar-refractivity contribution >= 4 is 38.9 Å². The number of nitrogens with zero attached hydrogens (tertiary/aromatic N) is 1. The van der Waals surface area contributed by atoms with E-state index in [2.05, 4.69) is 26.2 Å². The molecule has 0 atom stereocenters. The Morgan fingerprint density at radius 3 is 2.45 bits per heavy atom. The molecule has 0 radical (unpaired) electrons. The van der Waals surface area contributed by atoms with Crippen LogP contribution in [0.4, 0.5) is 24.5 Å². The number of amides is 1. The molecule has 0 fully saturated rings. The molecule has 4 rings (SSSR count). The Morgan fingerprint density at radius 2 is 1.74 bits per heavy atom. The molecule has 0 unspecified atom stereocenters. The number of hydrogen-bond donors (Lipinski definition) is 1. The molecule has 4 nitrogen and oxygen atoms in total. The predicted molar refractivity (Wildman–Crippen MR) is 116 cm³/mol. The number of nitrogens with one attached hydrogen (secondary N) is 1. The molecule has 158 valence electrons. The Bertz CT molecular complexity index is 1210. The lowest BCUT2D eigenvalue weighted by Gasteiger charge is -2.13. The van der Waals surface area contributed by atoms with Crippen LogP contribution in [0, 0.1) is 6.92 Å². The SMILES string of the molecule is Cc1cc2c(cc1C(F)(F)F)NC(=O)CC(c1cccc(Oc3cccc(Br)c3)c1)=N2. The van der Waals surface area contributed by atoms with Gasteiger partial charge in [0, 0.05) is 10.0 Å². The number of alkyl halides is 3. The van der Waals surface area contributed by atoms with E-state index < -0.39 is 17.6 Å². The average Bonchev–Trinajstić information content (AvgIpc) is 2.84. The third-order valence-electron chi connectivity index (χ3n) is 4.70. The topological polar surface area (TPSA) is 50.7 Å². The molecule has 1 amide bonds. The smallest absolute Gasteiger partial charge is 0.416 e. The molecule has 3 aromatic rings. The third kappa shape index (κ3) is 4.80. The van der Waals surface area contributed by atoms with Crippen LogP contribution >= 0.6 is 15.9 Å². The summed E-state index contributed by atoms with van der Waals surface area (Å²) in [5.41, 5.74) is 0.652. The van der Waals surface area contributed by atoms with Gasteiger partial charge in [-0.05, 0) is 55.0 Å². The van der Waals surface area contributed by atoms with E-state index in [1.807, 2.05) is 24.3 Å². The quantitative estimate of drug-likeness (QED) is 0.430. The first-order chi connectivity index (χ1) is 14.7. The normalized spacial score (nSPS) is 13.7. The van der Waals surface area contributed by atoms with Gasteiger partial charge in [-0.1, -0.05) is 34.1 Å². The van der Waals surface area contributed by atoms with Crippen molar-refractivity contribution in [3.05, 3.63) is 81.8 Å². The first-order valence-electron chi connectivity index (χ1n) is 9.32. The maximum absolute atomic E-state index is 13.2. The van der Waals surface area contributed by atoms with Gasteiger partial charge in [-0.25, -0.2) is 0 Å². The number of aryl methyl sites for hydroxylation is 1. The van der Waals surface area contributed by atoms with Crippen molar-refractivity contribution in [3.8, 4) is 11.5 Å². The molecule has 0 aromatic heterocycles. The van der Waals surface area contributed by atoms with Gasteiger partial charge in [-0.2, -0.15) is 13.2 Å². The van der Waals surface area contributed by atoms with Gasteiger partial charge in [0.15, 0.2) is 0 Å². The fourth-order valence-electron chi connectivity index (χ4n) is 3.29. The van der Waals surface area contributed by atoms with E-state index in [9.17, 15) is 18.0 Å². The van der Waals surface area contributed by atoms with E-state index in [4.69, 9.17) is 4.74 Å². The van der Waals surface area contributed by atoms with E-state index in [0.717, 1.165) is 10.5 Å². The molecule has 0 aliphatic carbocycles. The zero-order valence-electron chi connectivity index (χ0n) is 16.3. The number of carbonyl (C=O) groups excluding carboxylic acids is 1. The monoisotopic (exact) mass is 488 g/mol. The average molecular weight is 489 g/mol. The number of carbonyl (C=O) groups is 1. The summed E-state index contributed by atoms with van der Waals surface area (Å²) in [6.07, 6.45) is -4.59. The third-order valence-corrected chi connectivity index (χ3v) is 5.20. The van der Waals surface area contributed by atoms with Crippen LogP contribution < -0.4 is 10.1 Å². The highest BCUT2D eigenvalue weighted by Crippen LogP contribution is 2.39. The van der Waals surface area contributed by atoms with Crippen molar-refractivity contribution in [1.82, 2.24) is 0 Å². The Morgan fingerprint density at radius 1 is 1.03 bits per heavy atom. The Labute approximate surface area is 184 Å². The number of fused-ring (bicyclic) bond motifs is 1. The first-order valence-corrected chi connectivity index (χ1v) is 10.1. The molecule has 0 saturated heterocycles. The highest BCUT2D eigenvalue weighted by atomic mass is 79.9. The molecule has 3 aromatic carbocycles. The fourth-order valence-corrected chi connectivity index (χ4v) is 3.67. The maximum Gasteiger partial charge on any atom is 0.416 e. The van der Waals surface area contributed by atoms with Gasteiger partial charge in [0.1, 0.15) is 11.5 Å². The second kappa shape index (κ2) is 8.19. The zero-order chi connectivity index (χ0) is 22.2. The number of ether oxygens (including phenoxy) is 1. The van der Waals surface area contributed by atoms with Crippen LogP contribution in [0.5, 0.6) is 11.5 Å². The van der Waals surface area contributed by atoms with Crippen molar-refractivity contribution in [2.75, 3.05) is 5.32 Å². The van der Waals surface area contributed by atoms with Crippen LogP contribution in [-0.2, 0) is 11.0 Å². The van der Waals surface area contributed by atoms with Crippen LogP contribution in [0.2, 0.25) is 0 Å². The van der Waals surface area contributed by atoms with Crippen LogP contribution in [0.15, 0.2) is 70.1 Å². The molecule has 0 saturated carbocycles. The molecule has 1 aliphatic heterocycles. The van der Waals surface area contributed by atoms with Gasteiger partial charge < -0.3 is 10.1 Å². The van der Waals surface area contributed by atoms with Crippen LogP contribution in [0.3, 0.4) is 0 Å². The Balaban J connectivity index is 1.71. The highest BCUT2D eigenvalue weighted by Gasteiger charge is 2.34. The molecular formula is C23H16BrF3N2O2. The summed E-state index contributed by atoms with van der Waals surface area (Å²) < 4.78 is 46.5. The molecule has 1 heterocycles. The molecule has 0 bridgehead atoms. The summed E-state index contributed by atoms with van der Waals surface area (Å²) in [6.45, 7) is 1.37. The van der Waals surface area contributed by atoms with Crippen molar-refractivity contribution in [2.45, 2.75) is 19.5 Å². The summed E-state index contributed by atoms with van der Waals surface area (Å²) in [6, 6.07) is 16.7. The minimum atomic E-state index is -4.51. The van der Waals surface area contributed by atoms with Gasteiger partial charge in [-0.15, -0.1) is 0 Å². The highest BCUT2D eigenvalue weighted by molar-refractivity contribution is 9.10. The minimum Gasteiger partial charge on any atom is -0.457 e. The summed E-state index contributed by atoms with van der Waals surface area (Å²) in [7, 11) is 0. The van der Waals surface area contributed by atoms with Crippen LogP contribution in [0.1, 0.15) is 23.1 Å². The van der Waals surface area contributed by atoms with Gasteiger partial charge in [0.2, 0.25) is 5.91 Å². The van der Waals surface area contributed by atoms with E-state index >= 15 is 0 Å². The largest absolute Gasteiger partial charge is 0.457 e. The second-order valence-corrected chi connectivity index (χ2v) is 7.97.